The van der Waals surface area contributed by atoms with Gasteiger partial charge < -0.3 is 9.80 Å². The van der Waals surface area contributed by atoms with E-state index >= 15 is 0 Å². The van der Waals surface area contributed by atoms with Gasteiger partial charge in [0.15, 0.2) is 0 Å². The number of hydrogen-bond donors (Lipinski definition) is 0. The Kier molecular flexibility index (Phi) is 6.22. The SMILES string of the molecule is CCc1nnsc1C(=O)N1CCCC(c2nc(N(C)C)ncc2-c2ccccc2F)C1. The van der Waals surface area contributed by atoms with Crippen molar-refractivity contribution in [1.29, 1.82) is 0 Å². The fourth-order valence-corrected chi connectivity index (χ4v) is 4.65. The Morgan fingerprint density at radius 1 is 1.29 bits per heavy atom. The van der Waals surface area contributed by atoms with E-state index in [1.807, 2.05) is 36.9 Å². The molecule has 0 spiro atoms. The molecule has 1 atom stereocenters. The Labute approximate surface area is 185 Å². The largest absolute Gasteiger partial charge is 0.347 e. The molecular weight excluding hydrogens is 415 g/mol. The molecule has 0 aliphatic carbocycles. The van der Waals surface area contributed by atoms with Crippen molar-refractivity contribution in [2.45, 2.75) is 32.1 Å². The van der Waals surface area contributed by atoms with Crippen molar-refractivity contribution in [3.63, 3.8) is 0 Å². The summed E-state index contributed by atoms with van der Waals surface area (Å²) in [5.41, 5.74) is 2.67. The second kappa shape index (κ2) is 9.05. The third kappa shape index (κ3) is 4.27. The third-order valence-corrected chi connectivity index (χ3v) is 6.31. The zero-order valence-corrected chi connectivity index (χ0v) is 18.7. The van der Waals surface area contributed by atoms with Crippen molar-refractivity contribution in [2.24, 2.45) is 0 Å². The number of anilines is 1. The highest BCUT2D eigenvalue weighted by molar-refractivity contribution is 7.08. The van der Waals surface area contributed by atoms with E-state index in [0.717, 1.165) is 35.8 Å². The number of nitrogens with zero attached hydrogens (tertiary/aromatic N) is 6. The second-order valence-electron chi connectivity index (χ2n) is 7.84. The molecule has 3 heterocycles. The summed E-state index contributed by atoms with van der Waals surface area (Å²) >= 11 is 1.15. The van der Waals surface area contributed by atoms with Crippen molar-refractivity contribution < 1.29 is 9.18 Å². The minimum atomic E-state index is -0.308. The standard InChI is InChI=1S/C22H25FN6OS/c1-4-18-20(31-27-26-18)21(30)29-11-7-8-14(13-29)19-16(12-24-22(25-19)28(2)3)15-9-5-6-10-17(15)23/h5-6,9-10,12,14H,4,7-8,11,13H2,1-3H3. The van der Waals surface area contributed by atoms with Crippen LogP contribution in [0.1, 0.15) is 46.7 Å². The first kappa shape index (κ1) is 21.3. The van der Waals surface area contributed by atoms with Gasteiger partial charge in [-0.1, -0.05) is 29.6 Å². The smallest absolute Gasteiger partial charge is 0.267 e. The summed E-state index contributed by atoms with van der Waals surface area (Å²) in [4.78, 5) is 26.7. The lowest BCUT2D eigenvalue weighted by Crippen LogP contribution is -2.39. The number of aryl methyl sites for hydroxylation is 1. The number of carbonyl (C=O) groups excluding carboxylic acids is 1. The molecule has 9 heteroatoms. The van der Waals surface area contributed by atoms with Gasteiger partial charge in [-0.2, -0.15) is 0 Å². The molecule has 1 fully saturated rings. The van der Waals surface area contributed by atoms with Crippen molar-refractivity contribution in [3.8, 4) is 11.1 Å². The molecule has 0 radical (unpaired) electrons. The number of likely N-dealkylation sites (tertiary alicyclic amines) is 1. The highest BCUT2D eigenvalue weighted by Gasteiger charge is 2.31. The highest BCUT2D eigenvalue weighted by atomic mass is 32.1. The van der Waals surface area contributed by atoms with E-state index < -0.39 is 0 Å². The molecule has 1 amide bonds. The van der Waals surface area contributed by atoms with Crippen LogP contribution >= 0.6 is 11.5 Å². The molecule has 2 aromatic heterocycles. The van der Waals surface area contributed by atoms with E-state index in [4.69, 9.17) is 4.98 Å². The van der Waals surface area contributed by atoms with Gasteiger partial charge in [-0.15, -0.1) is 5.10 Å². The quantitative estimate of drug-likeness (QED) is 0.601. The van der Waals surface area contributed by atoms with Gasteiger partial charge in [0.05, 0.1) is 11.4 Å². The number of carbonyl (C=O) groups is 1. The lowest BCUT2D eigenvalue weighted by Gasteiger charge is -2.33. The molecule has 0 saturated carbocycles. The molecule has 0 bridgehead atoms. The van der Waals surface area contributed by atoms with E-state index in [0.29, 0.717) is 41.5 Å². The van der Waals surface area contributed by atoms with Crippen LogP contribution in [-0.2, 0) is 6.42 Å². The molecule has 7 nitrogen and oxygen atoms in total. The lowest BCUT2D eigenvalue weighted by atomic mass is 9.89. The predicted molar refractivity (Wildman–Crippen MR) is 119 cm³/mol. The van der Waals surface area contributed by atoms with Gasteiger partial charge in [0.2, 0.25) is 5.95 Å². The summed E-state index contributed by atoms with van der Waals surface area (Å²) in [6.45, 7) is 3.17. The van der Waals surface area contributed by atoms with Crippen molar-refractivity contribution in [2.75, 3.05) is 32.1 Å². The van der Waals surface area contributed by atoms with E-state index in [9.17, 15) is 9.18 Å². The van der Waals surface area contributed by atoms with Gasteiger partial charge in [0, 0.05) is 50.4 Å². The molecule has 1 unspecified atom stereocenters. The van der Waals surface area contributed by atoms with Crippen molar-refractivity contribution in [1.82, 2.24) is 24.5 Å². The summed E-state index contributed by atoms with van der Waals surface area (Å²) in [6.07, 6.45) is 4.09. The number of amides is 1. The Balaban J connectivity index is 1.70. The number of piperidine rings is 1. The Morgan fingerprint density at radius 2 is 2.10 bits per heavy atom. The monoisotopic (exact) mass is 440 g/mol. The topological polar surface area (TPSA) is 75.1 Å². The Bertz CT molecular complexity index is 1090. The number of rotatable bonds is 5. The van der Waals surface area contributed by atoms with Crippen molar-refractivity contribution in [3.05, 3.63) is 52.5 Å². The van der Waals surface area contributed by atoms with Gasteiger partial charge in [0.1, 0.15) is 10.7 Å². The average Bonchev–Trinajstić information content (AvgIpc) is 3.27. The second-order valence-corrected chi connectivity index (χ2v) is 8.59. The van der Waals surface area contributed by atoms with Crippen LogP contribution in [-0.4, -0.2) is 57.5 Å². The third-order valence-electron chi connectivity index (χ3n) is 5.55. The van der Waals surface area contributed by atoms with Gasteiger partial charge in [-0.05, 0) is 36.9 Å². The molecule has 3 aromatic rings. The molecule has 1 aliphatic heterocycles. The van der Waals surface area contributed by atoms with Crippen LogP contribution in [0.25, 0.3) is 11.1 Å². The molecule has 31 heavy (non-hydrogen) atoms. The van der Waals surface area contributed by atoms with Crippen LogP contribution < -0.4 is 4.90 Å². The van der Waals surface area contributed by atoms with Crippen LogP contribution in [0.2, 0.25) is 0 Å². The van der Waals surface area contributed by atoms with Crippen LogP contribution in [0.15, 0.2) is 30.5 Å². The maximum absolute atomic E-state index is 14.6. The lowest BCUT2D eigenvalue weighted by molar-refractivity contribution is 0.0709. The van der Waals surface area contributed by atoms with Crippen molar-refractivity contribution >= 4 is 23.4 Å². The number of aromatic nitrogens is 4. The maximum Gasteiger partial charge on any atom is 0.267 e. The first-order valence-corrected chi connectivity index (χ1v) is 11.2. The van der Waals surface area contributed by atoms with Gasteiger partial charge in [-0.25, -0.2) is 14.4 Å². The summed E-state index contributed by atoms with van der Waals surface area (Å²) < 4.78 is 18.6. The minimum absolute atomic E-state index is 0.0139. The summed E-state index contributed by atoms with van der Waals surface area (Å²) in [7, 11) is 3.75. The molecule has 1 aliphatic rings. The number of hydrogen-bond acceptors (Lipinski definition) is 7. The predicted octanol–water partition coefficient (Wildman–Crippen LogP) is 3.78. The molecule has 4 rings (SSSR count). The van der Waals surface area contributed by atoms with Gasteiger partial charge in [0.25, 0.3) is 5.91 Å². The molecule has 162 valence electrons. The fourth-order valence-electron chi connectivity index (χ4n) is 3.93. The summed E-state index contributed by atoms with van der Waals surface area (Å²) in [5, 5.41) is 4.08. The normalized spacial score (nSPS) is 16.4. The van der Waals surface area contributed by atoms with Crippen LogP contribution in [0.3, 0.4) is 0 Å². The molecule has 1 aromatic carbocycles. The van der Waals surface area contributed by atoms with Crippen LogP contribution in [0.5, 0.6) is 0 Å². The zero-order chi connectivity index (χ0) is 22.0. The Morgan fingerprint density at radius 3 is 2.84 bits per heavy atom. The minimum Gasteiger partial charge on any atom is -0.347 e. The molecular formula is C22H25FN6OS. The van der Waals surface area contributed by atoms with E-state index in [2.05, 4.69) is 14.6 Å². The zero-order valence-electron chi connectivity index (χ0n) is 17.9. The molecule has 0 N–H and O–H groups in total. The van der Waals surface area contributed by atoms with E-state index in [-0.39, 0.29) is 17.6 Å². The highest BCUT2D eigenvalue weighted by Crippen LogP contribution is 2.35. The van der Waals surface area contributed by atoms with E-state index in [1.54, 1.807) is 18.3 Å². The number of halogens is 1. The summed E-state index contributed by atoms with van der Waals surface area (Å²) in [5.74, 6) is 0.210. The summed E-state index contributed by atoms with van der Waals surface area (Å²) in [6, 6.07) is 6.67. The maximum atomic E-state index is 14.6. The number of benzene rings is 1. The fraction of sp³-hybridized carbons (Fsp3) is 0.409. The van der Waals surface area contributed by atoms with E-state index in [1.165, 1.54) is 6.07 Å². The first-order chi connectivity index (χ1) is 15.0. The Hall–Kier alpha value is -2.94. The van der Waals surface area contributed by atoms with Crippen LogP contribution in [0.4, 0.5) is 10.3 Å². The molecule has 1 saturated heterocycles. The van der Waals surface area contributed by atoms with Crippen LogP contribution in [0, 0.1) is 5.82 Å². The average molecular weight is 441 g/mol. The first-order valence-electron chi connectivity index (χ1n) is 10.4. The van der Waals surface area contributed by atoms with Gasteiger partial charge >= 0.3 is 0 Å². The van der Waals surface area contributed by atoms with Gasteiger partial charge in [-0.3, -0.25) is 4.79 Å².